The van der Waals surface area contributed by atoms with Crippen LogP contribution in [0.4, 0.5) is 9.59 Å². The topological polar surface area (TPSA) is 109 Å². The summed E-state index contributed by atoms with van der Waals surface area (Å²) in [6.07, 6.45) is 1.55. The van der Waals surface area contributed by atoms with Gasteiger partial charge in [0.2, 0.25) is 0 Å². The summed E-state index contributed by atoms with van der Waals surface area (Å²) >= 11 is 0. The Morgan fingerprint density at radius 1 is 1.00 bits per heavy atom. The standard InChI is InChI=1S/C27H35N5O4/c1-19(2)31-23-10-6-7-11-24(23)32(27(31)36)25(33)28-18-20-12-15-30(16-13-20)17-14-22(29-26(34)35)21-8-4-3-5-9-21/h3-11,19-20,22,29H,12-18H2,1-2H3,(H,28,33)(H,34,35). The van der Waals surface area contributed by atoms with Crippen molar-refractivity contribution in [2.75, 3.05) is 26.2 Å². The number of carbonyl (C=O) groups excluding carboxylic acids is 1. The summed E-state index contributed by atoms with van der Waals surface area (Å²) in [5, 5.41) is 14.8. The van der Waals surface area contributed by atoms with Crippen LogP contribution in [0.3, 0.4) is 0 Å². The van der Waals surface area contributed by atoms with E-state index in [2.05, 4.69) is 15.5 Å². The predicted octanol–water partition coefficient (Wildman–Crippen LogP) is 4.05. The van der Waals surface area contributed by atoms with Crippen molar-refractivity contribution in [2.24, 2.45) is 5.92 Å². The lowest BCUT2D eigenvalue weighted by atomic mass is 9.96. The fourth-order valence-corrected chi connectivity index (χ4v) is 5.06. The van der Waals surface area contributed by atoms with Gasteiger partial charge in [-0.3, -0.25) is 4.57 Å². The number of imidazole rings is 1. The van der Waals surface area contributed by atoms with Crippen LogP contribution in [0.5, 0.6) is 0 Å². The van der Waals surface area contributed by atoms with E-state index in [0.29, 0.717) is 24.4 Å². The lowest BCUT2D eigenvalue weighted by Crippen LogP contribution is -2.42. The number of fused-ring (bicyclic) bond motifs is 1. The molecule has 3 N–H and O–H groups in total. The van der Waals surface area contributed by atoms with Gasteiger partial charge in [0.15, 0.2) is 0 Å². The molecule has 192 valence electrons. The number of carboxylic acid groups (broad SMARTS) is 1. The van der Waals surface area contributed by atoms with Crippen molar-refractivity contribution >= 4 is 23.2 Å². The lowest BCUT2D eigenvalue weighted by molar-refractivity contribution is 0.168. The number of amides is 2. The van der Waals surface area contributed by atoms with Crippen molar-refractivity contribution in [3.05, 3.63) is 70.6 Å². The molecule has 3 aromatic rings. The molecular weight excluding hydrogens is 458 g/mol. The molecule has 9 heteroatoms. The number of nitrogens with zero attached hydrogens (tertiary/aromatic N) is 3. The van der Waals surface area contributed by atoms with E-state index in [1.54, 1.807) is 10.6 Å². The van der Waals surface area contributed by atoms with Gasteiger partial charge in [-0.25, -0.2) is 19.0 Å². The Labute approximate surface area is 210 Å². The predicted molar refractivity (Wildman–Crippen MR) is 140 cm³/mol. The molecule has 1 unspecified atom stereocenters. The summed E-state index contributed by atoms with van der Waals surface area (Å²) in [5.74, 6) is 0.335. The highest BCUT2D eigenvalue weighted by Gasteiger charge is 2.24. The Hall–Kier alpha value is -3.59. The van der Waals surface area contributed by atoms with E-state index in [9.17, 15) is 19.5 Å². The molecule has 0 spiro atoms. The van der Waals surface area contributed by atoms with E-state index in [1.165, 1.54) is 4.57 Å². The average Bonchev–Trinajstić information content (AvgIpc) is 3.18. The number of aromatic nitrogens is 2. The number of likely N-dealkylation sites (tertiary alicyclic amines) is 1. The summed E-state index contributed by atoms with van der Waals surface area (Å²) in [6.45, 7) is 6.97. The molecule has 1 aliphatic heterocycles. The molecule has 4 rings (SSSR count). The molecule has 0 aliphatic carbocycles. The average molecular weight is 494 g/mol. The Balaban J connectivity index is 1.30. The third-order valence-electron chi connectivity index (χ3n) is 6.98. The SMILES string of the molecule is CC(C)n1c(=O)n(C(=O)NCC2CCN(CCC(NC(=O)O)c3ccccc3)CC2)c2ccccc21. The number of benzene rings is 2. The number of piperidine rings is 1. The van der Waals surface area contributed by atoms with E-state index in [-0.39, 0.29) is 23.8 Å². The normalized spacial score (nSPS) is 15.8. The first-order valence-electron chi connectivity index (χ1n) is 12.6. The summed E-state index contributed by atoms with van der Waals surface area (Å²) < 4.78 is 2.89. The van der Waals surface area contributed by atoms with Crippen molar-refractivity contribution in [3.63, 3.8) is 0 Å². The molecule has 36 heavy (non-hydrogen) atoms. The summed E-state index contributed by atoms with van der Waals surface area (Å²) in [4.78, 5) is 39.6. The van der Waals surface area contributed by atoms with E-state index in [0.717, 1.165) is 43.6 Å². The van der Waals surface area contributed by atoms with Gasteiger partial charge in [-0.05, 0) is 69.8 Å². The van der Waals surface area contributed by atoms with E-state index < -0.39 is 6.09 Å². The van der Waals surface area contributed by atoms with Crippen molar-refractivity contribution in [2.45, 2.75) is 45.2 Å². The maximum atomic E-state index is 13.0. The largest absolute Gasteiger partial charge is 0.465 e. The Morgan fingerprint density at radius 2 is 1.64 bits per heavy atom. The van der Waals surface area contributed by atoms with Crippen LogP contribution >= 0.6 is 0 Å². The second-order valence-corrected chi connectivity index (χ2v) is 9.74. The minimum Gasteiger partial charge on any atom is -0.465 e. The highest BCUT2D eigenvalue weighted by Crippen LogP contribution is 2.21. The van der Waals surface area contributed by atoms with E-state index >= 15 is 0 Å². The zero-order valence-corrected chi connectivity index (χ0v) is 20.9. The summed E-state index contributed by atoms with van der Waals surface area (Å²) in [5.41, 5.74) is 2.02. The molecule has 0 bridgehead atoms. The van der Waals surface area contributed by atoms with Crippen LogP contribution in [0.25, 0.3) is 11.0 Å². The van der Waals surface area contributed by atoms with Crippen LogP contribution in [0.2, 0.25) is 0 Å². The molecule has 2 aromatic carbocycles. The minimum absolute atomic E-state index is 0.0482. The van der Waals surface area contributed by atoms with Crippen molar-refractivity contribution in [1.82, 2.24) is 24.7 Å². The molecule has 1 saturated heterocycles. The van der Waals surface area contributed by atoms with Crippen molar-refractivity contribution in [1.29, 1.82) is 0 Å². The molecule has 9 nitrogen and oxygen atoms in total. The molecule has 1 atom stereocenters. The monoisotopic (exact) mass is 493 g/mol. The number of hydrogen-bond donors (Lipinski definition) is 3. The van der Waals surface area contributed by atoms with Crippen molar-refractivity contribution < 1.29 is 14.7 Å². The molecule has 2 amide bonds. The molecular formula is C27H35N5O4. The smallest absolute Gasteiger partial charge is 0.405 e. The van der Waals surface area contributed by atoms with Gasteiger partial charge in [-0.1, -0.05) is 42.5 Å². The summed E-state index contributed by atoms with van der Waals surface area (Å²) in [7, 11) is 0. The fourth-order valence-electron chi connectivity index (χ4n) is 5.06. The second-order valence-electron chi connectivity index (χ2n) is 9.74. The van der Waals surface area contributed by atoms with Gasteiger partial charge < -0.3 is 20.6 Å². The van der Waals surface area contributed by atoms with Crippen LogP contribution in [-0.4, -0.2) is 57.4 Å². The zero-order chi connectivity index (χ0) is 25.7. The molecule has 1 fully saturated rings. The van der Waals surface area contributed by atoms with Gasteiger partial charge in [-0.15, -0.1) is 0 Å². The Morgan fingerprint density at radius 3 is 2.28 bits per heavy atom. The van der Waals surface area contributed by atoms with Gasteiger partial charge in [0.25, 0.3) is 0 Å². The van der Waals surface area contributed by atoms with E-state index in [1.807, 2.05) is 62.4 Å². The minimum atomic E-state index is -1.02. The van der Waals surface area contributed by atoms with Gasteiger partial charge >= 0.3 is 17.8 Å². The number of rotatable bonds is 8. The van der Waals surface area contributed by atoms with Gasteiger partial charge in [0.05, 0.1) is 17.1 Å². The van der Waals surface area contributed by atoms with E-state index in [4.69, 9.17) is 0 Å². The van der Waals surface area contributed by atoms with Crippen molar-refractivity contribution in [3.8, 4) is 0 Å². The Kier molecular flexibility index (Phi) is 8.10. The fraction of sp³-hybridized carbons (Fsp3) is 0.444. The third-order valence-corrected chi connectivity index (χ3v) is 6.98. The zero-order valence-electron chi connectivity index (χ0n) is 20.9. The van der Waals surface area contributed by atoms with Crippen LogP contribution in [0.1, 0.15) is 50.8 Å². The molecule has 1 aliphatic rings. The molecule has 1 aromatic heterocycles. The molecule has 0 saturated carbocycles. The molecule has 2 heterocycles. The van der Waals surface area contributed by atoms with Crippen LogP contribution in [-0.2, 0) is 0 Å². The second kappa shape index (κ2) is 11.4. The number of carbonyl (C=O) groups is 2. The maximum absolute atomic E-state index is 13.0. The number of nitrogens with one attached hydrogen (secondary N) is 2. The first kappa shape index (κ1) is 25.5. The van der Waals surface area contributed by atoms with Gasteiger partial charge in [0, 0.05) is 19.1 Å². The molecule has 0 radical (unpaired) electrons. The third kappa shape index (κ3) is 5.79. The van der Waals surface area contributed by atoms with Crippen LogP contribution < -0.4 is 16.3 Å². The van der Waals surface area contributed by atoms with Gasteiger partial charge in [0.1, 0.15) is 0 Å². The highest BCUT2D eigenvalue weighted by molar-refractivity contribution is 5.89. The van der Waals surface area contributed by atoms with Crippen LogP contribution in [0, 0.1) is 5.92 Å². The lowest BCUT2D eigenvalue weighted by Gasteiger charge is -2.33. The first-order valence-corrected chi connectivity index (χ1v) is 12.6. The number of para-hydroxylation sites is 2. The quantitative estimate of drug-likeness (QED) is 0.439. The van der Waals surface area contributed by atoms with Gasteiger partial charge in [-0.2, -0.15) is 0 Å². The Bertz CT molecular complexity index is 1240. The first-order chi connectivity index (χ1) is 17.3. The summed E-state index contributed by atoms with van der Waals surface area (Å²) in [6, 6.07) is 16.3. The highest BCUT2D eigenvalue weighted by atomic mass is 16.4. The number of hydrogen-bond acceptors (Lipinski definition) is 4. The maximum Gasteiger partial charge on any atom is 0.405 e. The van der Waals surface area contributed by atoms with Crippen LogP contribution in [0.15, 0.2) is 59.4 Å².